The molecule has 18 heavy (non-hydrogen) atoms. The second-order valence-electron chi connectivity index (χ2n) is 4.19. The zero-order chi connectivity index (χ0) is 13.1. The molecule has 0 unspecified atom stereocenters. The van der Waals surface area contributed by atoms with Gasteiger partial charge in [0.25, 0.3) is 0 Å². The lowest BCUT2D eigenvalue weighted by Crippen LogP contribution is -2.04. The summed E-state index contributed by atoms with van der Waals surface area (Å²) in [5.74, 6) is 1.99. The Kier molecular flexibility index (Phi) is 3.86. The molecule has 0 fully saturated rings. The predicted octanol–water partition coefficient (Wildman–Crippen LogP) is 2.55. The number of aromatic nitrogens is 4. The zero-order valence-corrected chi connectivity index (χ0v) is 11.8. The van der Waals surface area contributed by atoms with Crippen LogP contribution in [-0.2, 0) is 0 Å². The summed E-state index contributed by atoms with van der Waals surface area (Å²) >= 11 is 1.52. The Morgan fingerprint density at radius 2 is 2.11 bits per heavy atom. The Bertz CT molecular complexity index is 513. The van der Waals surface area contributed by atoms with E-state index in [4.69, 9.17) is 0 Å². The topological polar surface area (TPSA) is 55.6 Å². The molecule has 5 nitrogen and oxygen atoms in total. The summed E-state index contributed by atoms with van der Waals surface area (Å²) in [4.78, 5) is 8.79. The smallest absolute Gasteiger partial charge is 0.191 e. The molecule has 2 aromatic heterocycles. The van der Waals surface area contributed by atoms with Crippen LogP contribution in [0, 0.1) is 0 Å². The van der Waals surface area contributed by atoms with Crippen molar-refractivity contribution in [1.29, 1.82) is 0 Å². The fourth-order valence-corrected chi connectivity index (χ4v) is 1.90. The predicted molar refractivity (Wildman–Crippen MR) is 74.6 cm³/mol. The van der Waals surface area contributed by atoms with Crippen molar-refractivity contribution in [2.75, 3.05) is 18.6 Å². The Hall–Kier alpha value is -1.56. The molecule has 1 N–H and O–H groups in total. The average molecular weight is 263 g/mol. The van der Waals surface area contributed by atoms with Crippen LogP contribution in [0.5, 0.6) is 0 Å². The van der Waals surface area contributed by atoms with Crippen LogP contribution in [-0.4, -0.2) is 33.1 Å². The molecule has 0 amide bonds. The van der Waals surface area contributed by atoms with Crippen molar-refractivity contribution in [1.82, 2.24) is 19.7 Å². The number of anilines is 1. The first-order valence-electron chi connectivity index (χ1n) is 5.80. The summed E-state index contributed by atoms with van der Waals surface area (Å²) in [5.41, 5.74) is 1.06. The van der Waals surface area contributed by atoms with Gasteiger partial charge >= 0.3 is 0 Å². The number of nitrogens with zero attached hydrogens (tertiary/aromatic N) is 4. The highest BCUT2D eigenvalue weighted by Gasteiger charge is 2.08. The van der Waals surface area contributed by atoms with E-state index in [9.17, 15) is 0 Å². The highest BCUT2D eigenvalue weighted by molar-refractivity contribution is 7.98. The maximum atomic E-state index is 4.52. The van der Waals surface area contributed by atoms with E-state index in [1.807, 2.05) is 31.6 Å². The van der Waals surface area contributed by atoms with Crippen molar-refractivity contribution < 1.29 is 0 Å². The minimum atomic E-state index is 0.414. The van der Waals surface area contributed by atoms with Gasteiger partial charge in [-0.15, -0.1) is 0 Å². The lowest BCUT2D eigenvalue weighted by atomic mass is 10.1. The third-order valence-corrected chi connectivity index (χ3v) is 3.11. The van der Waals surface area contributed by atoms with E-state index in [1.54, 1.807) is 4.68 Å². The van der Waals surface area contributed by atoms with Gasteiger partial charge in [0, 0.05) is 19.3 Å². The molecule has 2 heterocycles. The minimum Gasteiger partial charge on any atom is -0.373 e. The molecule has 0 atom stereocenters. The van der Waals surface area contributed by atoms with Crippen molar-refractivity contribution in [3.63, 3.8) is 0 Å². The van der Waals surface area contributed by atoms with Gasteiger partial charge < -0.3 is 5.32 Å². The first kappa shape index (κ1) is 12.9. The van der Waals surface area contributed by atoms with Gasteiger partial charge in [-0.2, -0.15) is 5.10 Å². The normalized spacial score (nSPS) is 10.9. The third-order valence-electron chi connectivity index (χ3n) is 2.57. The highest BCUT2D eigenvalue weighted by atomic mass is 32.2. The molecule has 0 aliphatic heterocycles. The summed E-state index contributed by atoms with van der Waals surface area (Å²) in [7, 11) is 1.85. The van der Waals surface area contributed by atoms with Crippen LogP contribution >= 0.6 is 11.8 Å². The van der Waals surface area contributed by atoms with Crippen molar-refractivity contribution >= 4 is 17.6 Å². The maximum absolute atomic E-state index is 4.52. The van der Waals surface area contributed by atoms with E-state index < -0.39 is 0 Å². The van der Waals surface area contributed by atoms with Crippen molar-refractivity contribution in [3.05, 3.63) is 24.0 Å². The van der Waals surface area contributed by atoms with Gasteiger partial charge in [-0.1, -0.05) is 25.6 Å². The van der Waals surface area contributed by atoms with Gasteiger partial charge in [-0.3, -0.25) is 0 Å². The zero-order valence-electron chi connectivity index (χ0n) is 11.0. The van der Waals surface area contributed by atoms with Crippen LogP contribution < -0.4 is 5.32 Å². The number of hydrogen-bond donors (Lipinski definition) is 1. The van der Waals surface area contributed by atoms with E-state index in [-0.39, 0.29) is 0 Å². The molecule has 0 aromatic carbocycles. The number of thioether (sulfide) groups is 1. The summed E-state index contributed by atoms with van der Waals surface area (Å²) in [6, 6.07) is 3.90. The maximum Gasteiger partial charge on any atom is 0.191 e. The quantitative estimate of drug-likeness (QED) is 0.678. The Balaban J connectivity index is 2.42. The standard InChI is InChI=1S/C12H17N5S/c1-8(2)9-5-6-17(16-9)11-7-10(13-3)14-12(15-11)18-4/h5-8H,1-4H3,(H,13,14,15). The molecular weight excluding hydrogens is 246 g/mol. The molecule has 0 saturated heterocycles. The molecule has 0 radical (unpaired) electrons. The molecule has 0 spiro atoms. The fraction of sp³-hybridized carbons (Fsp3) is 0.417. The summed E-state index contributed by atoms with van der Waals surface area (Å²) in [6.07, 6.45) is 3.89. The van der Waals surface area contributed by atoms with Crippen molar-refractivity contribution in [2.24, 2.45) is 0 Å². The number of nitrogens with one attached hydrogen (secondary N) is 1. The molecule has 2 aromatic rings. The Morgan fingerprint density at radius 1 is 1.33 bits per heavy atom. The van der Waals surface area contributed by atoms with Crippen LogP contribution in [0.3, 0.4) is 0 Å². The number of rotatable bonds is 4. The van der Waals surface area contributed by atoms with Gasteiger partial charge in [0.05, 0.1) is 5.69 Å². The van der Waals surface area contributed by atoms with E-state index in [2.05, 4.69) is 34.2 Å². The van der Waals surface area contributed by atoms with Gasteiger partial charge in [0.1, 0.15) is 5.82 Å². The van der Waals surface area contributed by atoms with Crippen LogP contribution in [0.4, 0.5) is 5.82 Å². The van der Waals surface area contributed by atoms with Crippen LogP contribution in [0.25, 0.3) is 5.82 Å². The van der Waals surface area contributed by atoms with Gasteiger partial charge in [-0.05, 0) is 18.2 Å². The van der Waals surface area contributed by atoms with Gasteiger partial charge in [-0.25, -0.2) is 14.6 Å². The van der Waals surface area contributed by atoms with E-state index in [1.165, 1.54) is 11.8 Å². The van der Waals surface area contributed by atoms with E-state index in [0.717, 1.165) is 22.5 Å². The molecule has 0 aliphatic rings. The molecule has 6 heteroatoms. The molecule has 2 rings (SSSR count). The lowest BCUT2D eigenvalue weighted by Gasteiger charge is -2.06. The minimum absolute atomic E-state index is 0.414. The first-order valence-corrected chi connectivity index (χ1v) is 7.03. The summed E-state index contributed by atoms with van der Waals surface area (Å²) in [6.45, 7) is 4.25. The Morgan fingerprint density at radius 3 is 2.67 bits per heavy atom. The largest absolute Gasteiger partial charge is 0.373 e. The Labute approximate surface area is 111 Å². The van der Waals surface area contributed by atoms with E-state index >= 15 is 0 Å². The molecule has 96 valence electrons. The third kappa shape index (κ3) is 2.64. The average Bonchev–Trinajstić information content (AvgIpc) is 2.87. The SMILES string of the molecule is CNc1cc(-n2ccc(C(C)C)n2)nc(SC)n1. The van der Waals surface area contributed by atoms with Crippen molar-refractivity contribution in [2.45, 2.75) is 24.9 Å². The molecule has 0 saturated carbocycles. The first-order chi connectivity index (χ1) is 8.63. The monoisotopic (exact) mass is 263 g/mol. The molecular formula is C12H17N5S. The second kappa shape index (κ2) is 5.39. The lowest BCUT2D eigenvalue weighted by molar-refractivity contribution is 0.746. The van der Waals surface area contributed by atoms with E-state index in [0.29, 0.717) is 5.92 Å². The van der Waals surface area contributed by atoms with Crippen LogP contribution in [0.1, 0.15) is 25.5 Å². The number of hydrogen-bond acceptors (Lipinski definition) is 5. The van der Waals surface area contributed by atoms with Gasteiger partial charge in [0.2, 0.25) is 0 Å². The summed E-state index contributed by atoms with van der Waals surface area (Å²) in [5, 5.41) is 8.29. The molecule has 0 bridgehead atoms. The van der Waals surface area contributed by atoms with Crippen molar-refractivity contribution in [3.8, 4) is 5.82 Å². The second-order valence-corrected chi connectivity index (χ2v) is 4.96. The van der Waals surface area contributed by atoms with Crippen LogP contribution in [0.15, 0.2) is 23.5 Å². The van der Waals surface area contributed by atoms with Gasteiger partial charge in [0.15, 0.2) is 11.0 Å². The fourth-order valence-electron chi connectivity index (χ4n) is 1.52. The summed E-state index contributed by atoms with van der Waals surface area (Å²) < 4.78 is 1.79. The van der Waals surface area contributed by atoms with Crippen LogP contribution in [0.2, 0.25) is 0 Å². The highest BCUT2D eigenvalue weighted by Crippen LogP contribution is 2.18. The molecule has 0 aliphatic carbocycles.